The maximum Gasteiger partial charge on any atom is 0.314 e. The molecule has 0 amide bonds. The molecule has 5 nitrogen and oxygen atoms in total. The monoisotopic (exact) mass is 436 g/mol. The summed E-state index contributed by atoms with van der Waals surface area (Å²) >= 11 is 0. The van der Waals surface area contributed by atoms with Gasteiger partial charge in [0.25, 0.3) is 0 Å². The molecule has 4 unspecified atom stereocenters. The minimum absolute atomic E-state index is 0.155. The maximum atomic E-state index is 13.2. The summed E-state index contributed by atoms with van der Waals surface area (Å²) in [5.41, 5.74) is 0.832. The maximum absolute atomic E-state index is 13.2. The van der Waals surface area contributed by atoms with E-state index in [1.807, 2.05) is 30.3 Å². The van der Waals surface area contributed by atoms with Gasteiger partial charge in [0.15, 0.2) is 6.10 Å². The van der Waals surface area contributed by atoms with Gasteiger partial charge in [-0.25, -0.2) is 0 Å². The fraction of sp³-hybridized carbons (Fsp3) is 0.667. The van der Waals surface area contributed by atoms with Crippen molar-refractivity contribution in [2.75, 3.05) is 0 Å². The Bertz CT molecular complexity index is 1080. The van der Waals surface area contributed by atoms with E-state index in [0.717, 1.165) is 24.8 Å². The van der Waals surface area contributed by atoms with Crippen molar-refractivity contribution < 1.29 is 23.7 Å². The van der Waals surface area contributed by atoms with Crippen molar-refractivity contribution in [3.63, 3.8) is 0 Å². The van der Waals surface area contributed by atoms with Gasteiger partial charge in [-0.3, -0.25) is 4.79 Å². The van der Waals surface area contributed by atoms with Crippen molar-refractivity contribution in [2.24, 2.45) is 23.2 Å². The van der Waals surface area contributed by atoms with Gasteiger partial charge in [0.1, 0.15) is 16.8 Å². The van der Waals surface area contributed by atoms with Crippen molar-refractivity contribution in [2.45, 2.75) is 89.2 Å². The molecule has 2 spiro atoms. The second-order valence-corrected chi connectivity index (χ2v) is 11.6. The summed E-state index contributed by atoms with van der Waals surface area (Å²) < 4.78 is 27.8. The van der Waals surface area contributed by atoms with E-state index < -0.39 is 34.3 Å². The molecule has 8 atom stereocenters. The minimum Gasteiger partial charge on any atom is -0.454 e. The van der Waals surface area contributed by atoms with E-state index in [1.165, 1.54) is 11.1 Å². The number of carbonyl (C=O) groups is 1. The van der Waals surface area contributed by atoms with Crippen LogP contribution in [0.1, 0.15) is 65.9 Å². The molecule has 1 aromatic rings. The molecule has 7 aliphatic rings. The molecule has 1 aromatic carbocycles. The summed E-state index contributed by atoms with van der Waals surface area (Å²) in [7, 11) is 0. The molecular weight excluding hydrogens is 404 g/mol. The lowest BCUT2D eigenvalue weighted by Crippen LogP contribution is -2.77. The summed E-state index contributed by atoms with van der Waals surface area (Å²) in [6.45, 7) is 11.3. The van der Waals surface area contributed by atoms with E-state index in [9.17, 15) is 4.79 Å². The average molecular weight is 437 g/mol. The number of hydrogen-bond acceptors (Lipinski definition) is 5. The highest BCUT2D eigenvalue weighted by atomic mass is 16.9. The fourth-order valence-corrected chi connectivity index (χ4v) is 8.86. The van der Waals surface area contributed by atoms with Gasteiger partial charge in [0.2, 0.25) is 0 Å². The quantitative estimate of drug-likeness (QED) is 0.490. The molecule has 4 heterocycles. The smallest absolute Gasteiger partial charge is 0.314 e. The Morgan fingerprint density at radius 2 is 1.84 bits per heavy atom. The molecule has 0 N–H and O–H groups in total. The molecule has 170 valence electrons. The molecule has 8 rings (SSSR count). The van der Waals surface area contributed by atoms with Crippen LogP contribution in [0.25, 0.3) is 0 Å². The number of ether oxygens (including phenoxy) is 4. The van der Waals surface area contributed by atoms with Gasteiger partial charge in [-0.2, -0.15) is 0 Å². The van der Waals surface area contributed by atoms with Crippen molar-refractivity contribution >= 4 is 5.97 Å². The average Bonchev–Trinajstić information content (AvgIpc) is 3.23. The van der Waals surface area contributed by atoms with Crippen LogP contribution in [0.5, 0.6) is 0 Å². The normalized spacial score (nSPS) is 52.4. The van der Waals surface area contributed by atoms with Crippen LogP contribution >= 0.6 is 0 Å². The summed E-state index contributed by atoms with van der Waals surface area (Å²) in [5, 5.41) is 0. The van der Waals surface area contributed by atoms with Crippen LogP contribution in [0.4, 0.5) is 0 Å². The molecule has 6 fully saturated rings. The van der Waals surface area contributed by atoms with Crippen molar-refractivity contribution in [3.8, 4) is 0 Å². The highest BCUT2D eigenvalue weighted by Gasteiger charge is 2.93. The lowest BCUT2D eigenvalue weighted by atomic mass is 9.47. The Labute approximate surface area is 189 Å². The number of carbonyl (C=O) groups excluding carboxylic acids is 1. The van der Waals surface area contributed by atoms with Gasteiger partial charge in [0, 0.05) is 16.6 Å². The molecule has 4 aliphatic heterocycles. The Hall–Kier alpha value is -1.69. The lowest BCUT2D eigenvalue weighted by molar-refractivity contribution is -0.449. The highest BCUT2D eigenvalue weighted by Crippen LogP contribution is 2.82. The van der Waals surface area contributed by atoms with Crippen LogP contribution in [0, 0.1) is 23.2 Å². The predicted octanol–water partition coefficient (Wildman–Crippen LogP) is 4.85. The van der Waals surface area contributed by atoms with Crippen LogP contribution in [0.2, 0.25) is 0 Å². The highest BCUT2D eigenvalue weighted by molar-refractivity contribution is 5.75. The van der Waals surface area contributed by atoms with E-state index >= 15 is 0 Å². The number of fused-ring (bicyclic) bond motifs is 3. The van der Waals surface area contributed by atoms with E-state index in [-0.39, 0.29) is 11.9 Å². The van der Waals surface area contributed by atoms with E-state index in [4.69, 9.17) is 18.9 Å². The zero-order valence-electron chi connectivity index (χ0n) is 19.6. The van der Waals surface area contributed by atoms with Gasteiger partial charge in [-0.05, 0) is 43.9 Å². The van der Waals surface area contributed by atoms with Gasteiger partial charge < -0.3 is 18.9 Å². The number of rotatable bonds is 2. The second kappa shape index (κ2) is 5.51. The van der Waals surface area contributed by atoms with Gasteiger partial charge in [-0.15, -0.1) is 0 Å². The van der Waals surface area contributed by atoms with Crippen molar-refractivity contribution in [1.29, 1.82) is 0 Å². The standard InChI is InChI=1S/C27H32O5/c1-15(2)19-13-24-21(17(19)4)22-26-16(3)11-12-25(26,23(24,5)14-20(28)29-22)31-27(30-24,32-26)18-9-7-6-8-10-18/h6-10,15-16,19,22H,11-14H2,1-5H3/t16?,19-,22?,23-,24+,25+,26?,27?/m1/s1. The third-order valence-corrected chi connectivity index (χ3v) is 10.3. The van der Waals surface area contributed by atoms with Crippen LogP contribution in [0.15, 0.2) is 41.5 Å². The van der Waals surface area contributed by atoms with E-state index in [0.29, 0.717) is 18.3 Å². The van der Waals surface area contributed by atoms with E-state index in [1.54, 1.807) is 0 Å². The zero-order valence-corrected chi connectivity index (χ0v) is 19.6. The first-order chi connectivity index (χ1) is 15.2. The second-order valence-electron chi connectivity index (χ2n) is 11.6. The Morgan fingerprint density at radius 1 is 1.09 bits per heavy atom. The molecule has 5 bridgehead atoms. The first-order valence-electron chi connectivity index (χ1n) is 12.2. The number of hydrogen-bond donors (Lipinski definition) is 0. The molecule has 2 saturated carbocycles. The zero-order chi connectivity index (χ0) is 22.3. The molecular formula is C27H32O5. The van der Waals surface area contributed by atoms with Crippen molar-refractivity contribution in [1.82, 2.24) is 0 Å². The SMILES string of the molecule is CC1=C2C3OC(=O)C[C@]4(C)[C@@]2(C[C@@H]1C(C)C)OC1(c2ccccc2)OC32C(C)CC[C@@]24O1. The molecule has 4 saturated heterocycles. The van der Waals surface area contributed by atoms with Gasteiger partial charge in [0.05, 0.1) is 6.42 Å². The number of esters is 1. The summed E-state index contributed by atoms with van der Waals surface area (Å²) in [5.74, 6) is -0.383. The molecule has 3 aliphatic carbocycles. The Balaban J connectivity index is 1.59. The molecule has 0 aromatic heterocycles. The Morgan fingerprint density at radius 3 is 2.56 bits per heavy atom. The van der Waals surface area contributed by atoms with Gasteiger partial charge in [-0.1, -0.05) is 63.6 Å². The molecule has 0 radical (unpaired) electrons. The largest absolute Gasteiger partial charge is 0.454 e. The number of benzene rings is 1. The van der Waals surface area contributed by atoms with Gasteiger partial charge >= 0.3 is 11.9 Å². The third-order valence-electron chi connectivity index (χ3n) is 10.3. The molecule has 32 heavy (non-hydrogen) atoms. The summed E-state index contributed by atoms with van der Waals surface area (Å²) in [6.07, 6.45) is 2.54. The topological polar surface area (TPSA) is 54.0 Å². The van der Waals surface area contributed by atoms with Crippen LogP contribution in [-0.4, -0.2) is 28.9 Å². The van der Waals surface area contributed by atoms with Crippen molar-refractivity contribution in [3.05, 3.63) is 47.0 Å². The lowest BCUT2D eigenvalue weighted by Gasteiger charge is -2.64. The fourth-order valence-electron chi connectivity index (χ4n) is 8.86. The minimum atomic E-state index is -1.27. The molecule has 5 heteroatoms. The first kappa shape index (κ1) is 19.7. The number of allylic oxidation sites excluding steroid dienone is 1. The third kappa shape index (κ3) is 1.70. The summed E-state index contributed by atoms with van der Waals surface area (Å²) in [4.78, 5) is 13.2. The Kier molecular flexibility index (Phi) is 3.40. The predicted molar refractivity (Wildman–Crippen MR) is 116 cm³/mol. The first-order valence-corrected chi connectivity index (χ1v) is 12.2. The van der Waals surface area contributed by atoms with Crippen LogP contribution < -0.4 is 0 Å². The van der Waals surface area contributed by atoms with E-state index in [2.05, 4.69) is 34.6 Å². The summed E-state index contributed by atoms with van der Waals surface area (Å²) in [6, 6.07) is 10.1. The van der Waals surface area contributed by atoms with Crippen LogP contribution in [0.3, 0.4) is 0 Å². The van der Waals surface area contributed by atoms with Crippen LogP contribution in [-0.2, 0) is 29.7 Å².